The normalized spacial score (nSPS) is 10.6. The van der Waals surface area contributed by atoms with Gasteiger partial charge in [0, 0.05) is 25.4 Å². The lowest BCUT2D eigenvalue weighted by Crippen LogP contribution is -2.34. The maximum absolute atomic E-state index is 14.2. The Morgan fingerprint density at radius 1 is 0.968 bits per heavy atom. The summed E-state index contributed by atoms with van der Waals surface area (Å²) in [5, 5.41) is 5.09. The fraction of sp³-hybridized carbons (Fsp3) is 0.0870. The monoisotopic (exact) mass is 423 g/mol. The van der Waals surface area contributed by atoms with Crippen LogP contribution in [0, 0.1) is 11.6 Å². The number of carbonyl (C=O) groups excluding carboxylic acids is 2. The molecule has 1 heterocycles. The van der Waals surface area contributed by atoms with Gasteiger partial charge < -0.3 is 15.4 Å². The van der Waals surface area contributed by atoms with Crippen molar-refractivity contribution in [2.24, 2.45) is 0 Å². The van der Waals surface area contributed by atoms with Crippen LogP contribution in [0.3, 0.4) is 0 Å². The molecule has 0 saturated carbocycles. The maximum Gasteiger partial charge on any atom is 0.254 e. The lowest BCUT2D eigenvalue weighted by atomic mass is 10.2. The molecule has 0 saturated heterocycles. The third kappa shape index (κ3) is 6.46. The molecule has 2 N–H and O–H groups in total. The van der Waals surface area contributed by atoms with Crippen LogP contribution in [0.15, 0.2) is 73.1 Å². The van der Waals surface area contributed by atoms with E-state index >= 15 is 0 Å². The summed E-state index contributed by atoms with van der Waals surface area (Å²) in [5.74, 6) is -1.73. The molecule has 2 amide bonds. The lowest BCUT2D eigenvalue weighted by molar-refractivity contribution is -0.116. The number of benzene rings is 2. The molecule has 31 heavy (non-hydrogen) atoms. The first-order valence-electron chi connectivity index (χ1n) is 9.39. The quantitative estimate of drug-likeness (QED) is 0.428. The van der Waals surface area contributed by atoms with Gasteiger partial charge in [-0.15, -0.1) is 0 Å². The number of hydrogen-bond donors (Lipinski definition) is 2. The molecule has 2 aromatic carbocycles. The van der Waals surface area contributed by atoms with Gasteiger partial charge in [0.1, 0.15) is 11.6 Å². The molecule has 3 aromatic rings. The van der Waals surface area contributed by atoms with Crippen molar-refractivity contribution in [2.75, 3.05) is 13.1 Å². The van der Waals surface area contributed by atoms with E-state index in [4.69, 9.17) is 4.74 Å². The lowest BCUT2D eigenvalue weighted by Gasteiger charge is -2.07. The van der Waals surface area contributed by atoms with Gasteiger partial charge in [-0.05, 0) is 48.0 Å². The summed E-state index contributed by atoms with van der Waals surface area (Å²) in [6, 6.07) is 13.3. The molecule has 0 radical (unpaired) electrons. The van der Waals surface area contributed by atoms with Crippen LogP contribution in [-0.2, 0) is 4.79 Å². The van der Waals surface area contributed by atoms with Crippen molar-refractivity contribution in [1.82, 2.24) is 15.6 Å². The summed E-state index contributed by atoms with van der Waals surface area (Å²) in [7, 11) is 0. The van der Waals surface area contributed by atoms with Gasteiger partial charge in [-0.1, -0.05) is 18.2 Å². The number of amides is 2. The predicted molar refractivity (Wildman–Crippen MR) is 111 cm³/mol. The van der Waals surface area contributed by atoms with Crippen LogP contribution in [0.5, 0.6) is 11.5 Å². The van der Waals surface area contributed by atoms with Crippen LogP contribution in [0.4, 0.5) is 8.78 Å². The van der Waals surface area contributed by atoms with E-state index in [-0.39, 0.29) is 24.4 Å². The average Bonchev–Trinajstić information content (AvgIpc) is 2.78. The van der Waals surface area contributed by atoms with Crippen LogP contribution >= 0.6 is 0 Å². The van der Waals surface area contributed by atoms with E-state index in [1.54, 1.807) is 30.5 Å². The van der Waals surface area contributed by atoms with Gasteiger partial charge in [0.05, 0.1) is 11.8 Å². The zero-order valence-corrected chi connectivity index (χ0v) is 16.3. The molecule has 8 heteroatoms. The van der Waals surface area contributed by atoms with Crippen molar-refractivity contribution in [3.05, 3.63) is 95.8 Å². The van der Waals surface area contributed by atoms with E-state index in [1.165, 1.54) is 48.7 Å². The van der Waals surface area contributed by atoms with Gasteiger partial charge in [-0.25, -0.2) is 8.78 Å². The molecular weight excluding hydrogens is 404 g/mol. The van der Waals surface area contributed by atoms with E-state index in [0.717, 1.165) is 0 Å². The van der Waals surface area contributed by atoms with Gasteiger partial charge in [0.2, 0.25) is 5.91 Å². The Morgan fingerprint density at radius 3 is 2.52 bits per heavy atom. The highest BCUT2D eigenvalue weighted by atomic mass is 19.1. The summed E-state index contributed by atoms with van der Waals surface area (Å²) < 4.78 is 33.1. The Hall–Kier alpha value is -4.07. The Morgan fingerprint density at radius 2 is 1.77 bits per heavy atom. The molecule has 6 nitrogen and oxygen atoms in total. The molecule has 0 bridgehead atoms. The first-order valence-corrected chi connectivity index (χ1v) is 9.39. The summed E-state index contributed by atoms with van der Waals surface area (Å²) in [6.45, 7) is 0.275. The number of carbonyl (C=O) groups is 2. The van der Waals surface area contributed by atoms with Crippen LogP contribution in [-0.4, -0.2) is 29.9 Å². The molecule has 0 aliphatic heterocycles. The molecule has 0 atom stereocenters. The third-order valence-electron chi connectivity index (χ3n) is 4.07. The van der Waals surface area contributed by atoms with Gasteiger partial charge in [0.15, 0.2) is 11.6 Å². The number of rotatable bonds is 8. The van der Waals surface area contributed by atoms with Crippen LogP contribution < -0.4 is 15.4 Å². The average molecular weight is 423 g/mol. The molecule has 3 rings (SSSR count). The number of aromatic nitrogens is 1. The second kappa shape index (κ2) is 10.6. The van der Waals surface area contributed by atoms with Crippen molar-refractivity contribution in [1.29, 1.82) is 0 Å². The molecule has 1 aromatic heterocycles. The third-order valence-corrected chi connectivity index (χ3v) is 4.07. The minimum Gasteiger partial charge on any atom is -0.453 e. The Bertz CT molecular complexity index is 1090. The van der Waals surface area contributed by atoms with Gasteiger partial charge >= 0.3 is 0 Å². The summed E-state index contributed by atoms with van der Waals surface area (Å²) in [4.78, 5) is 27.6. The van der Waals surface area contributed by atoms with E-state index in [1.807, 2.05) is 0 Å². The number of ether oxygens (including phenoxy) is 1. The Kier molecular flexibility index (Phi) is 7.42. The molecule has 158 valence electrons. The Labute approximate surface area is 177 Å². The zero-order chi connectivity index (χ0) is 22.1. The fourth-order valence-electron chi connectivity index (χ4n) is 2.57. The maximum atomic E-state index is 14.2. The van der Waals surface area contributed by atoms with Gasteiger partial charge in [-0.2, -0.15) is 0 Å². The molecule has 0 fully saturated rings. The van der Waals surface area contributed by atoms with Crippen molar-refractivity contribution < 1.29 is 23.1 Å². The SMILES string of the molecule is O=C(/C=C/c1ccc(Oc2cccnc2)c(F)c1)NCCNC(=O)c1ccccc1F. The fourth-order valence-corrected chi connectivity index (χ4v) is 2.57. The van der Waals surface area contributed by atoms with E-state index in [0.29, 0.717) is 11.3 Å². The number of halogens is 2. The summed E-state index contributed by atoms with van der Waals surface area (Å²) >= 11 is 0. The molecule has 0 unspecified atom stereocenters. The standard InChI is InChI=1S/C23H19F2N3O3/c24-19-6-2-1-5-18(19)23(30)28-13-12-27-22(29)10-8-16-7-9-21(20(25)14-16)31-17-4-3-11-26-15-17/h1-11,14-15H,12-13H2,(H,27,29)(H,28,30)/b10-8+. The summed E-state index contributed by atoms with van der Waals surface area (Å²) in [6.07, 6.45) is 5.74. The van der Waals surface area contributed by atoms with Gasteiger partial charge in [-0.3, -0.25) is 14.6 Å². The number of nitrogens with one attached hydrogen (secondary N) is 2. The molecule has 0 spiro atoms. The molecular formula is C23H19F2N3O3. The second-order valence-corrected chi connectivity index (χ2v) is 6.34. The highest BCUT2D eigenvalue weighted by molar-refractivity contribution is 5.94. The predicted octanol–water partition coefficient (Wildman–Crippen LogP) is 3.71. The van der Waals surface area contributed by atoms with E-state index in [9.17, 15) is 18.4 Å². The van der Waals surface area contributed by atoms with Crippen molar-refractivity contribution in [3.63, 3.8) is 0 Å². The largest absolute Gasteiger partial charge is 0.453 e. The smallest absolute Gasteiger partial charge is 0.254 e. The Balaban J connectivity index is 1.45. The van der Waals surface area contributed by atoms with Crippen LogP contribution in [0.2, 0.25) is 0 Å². The highest BCUT2D eigenvalue weighted by Crippen LogP contribution is 2.24. The van der Waals surface area contributed by atoms with Crippen molar-refractivity contribution in [3.8, 4) is 11.5 Å². The van der Waals surface area contributed by atoms with Crippen LogP contribution in [0.1, 0.15) is 15.9 Å². The molecule has 0 aliphatic rings. The van der Waals surface area contributed by atoms with Crippen molar-refractivity contribution in [2.45, 2.75) is 0 Å². The first-order chi connectivity index (χ1) is 15.0. The van der Waals surface area contributed by atoms with E-state index in [2.05, 4.69) is 15.6 Å². The first kappa shape index (κ1) is 21.6. The highest BCUT2D eigenvalue weighted by Gasteiger charge is 2.10. The van der Waals surface area contributed by atoms with Gasteiger partial charge in [0.25, 0.3) is 5.91 Å². The minimum absolute atomic E-state index is 0.0418. The second-order valence-electron chi connectivity index (χ2n) is 6.34. The minimum atomic E-state index is -0.615. The number of nitrogens with zero attached hydrogens (tertiary/aromatic N) is 1. The topological polar surface area (TPSA) is 80.3 Å². The number of hydrogen-bond acceptors (Lipinski definition) is 4. The van der Waals surface area contributed by atoms with E-state index < -0.39 is 23.4 Å². The van der Waals surface area contributed by atoms with Crippen LogP contribution in [0.25, 0.3) is 6.08 Å². The number of pyridine rings is 1. The van der Waals surface area contributed by atoms with Crippen molar-refractivity contribution >= 4 is 17.9 Å². The molecule has 0 aliphatic carbocycles. The summed E-state index contributed by atoms with van der Waals surface area (Å²) in [5.41, 5.74) is 0.408. The zero-order valence-electron chi connectivity index (χ0n) is 16.3.